The highest BCUT2D eigenvalue weighted by molar-refractivity contribution is 5.99. The molecule has 0 spiro atoms. The van der Waals surface area contributed by atoms with E-state index in [0.717, 1.165) is 31.3 Å². The van der Waals surface area contributed by atoms with Crippen LogP contribution in [0.2, 0.25) is 0 Å². The molecular formula is C45H71NO11. The third kappa shape index (κ3) is 9.65. The molecule has 6 unspecified atom stereocenters. The Kier molecular flexibility index (Phi) is 15.7. The number of ketones is 1. The van der Waals surface area contributed by atoms with Crippen LogP contribution in [0.15, 0.2) is 36.0 Å². The molecule has 3 saturated heterocycles. The average molecular weight is 802 g/mol. The van der Waals surface area contributed by atoms with Crippen LogP contribution in [0.4, 0.5) is 0 Å². The number of Topliss-reactive ketones (excluding diaryl/α,β-unsaturated/α-hetero) is 1. The van der Waals surface area contributed by atoms with Crippen molar-refractivity contribution in [3.8, 4) is 0 Å². The number of methoxy groups -OCH3 is 3. The van der Waals surface area contributed by atoms with Crippen LogP contribution in [-0.4, -0.2) is 132 Å². The van der Waals surface area contributed by atoms with Crippen molar-refractivity contribution in [2.45, 2.75) is 160 Å². The van der Waals surface area contributed by atoms with Crippen molar-refractivity contribution in [2.75, 3.05) is 42.0 Å². The Balaban J connectivity index is 1.27. The molecule has 1 saturated carbocycles. The zero-order chi connectivity index (χ0) is 41.0. The standard InChI is InChI=1S/C45H71NO11/c1-11-13-15-28-16-14-17-36(56-39-21-20-35(46(6)7)26(4)53-39)25(3)40(48)34-22-31-29(33(34)24-38(47)55-28)18-19-30-32(31)23-37(42(30)52-12-2)57-45-44(51-10)43(50-9)41(49-8)27(5)54-45/h13,15,18-19,22,25-33,35-37,39,41-45H,11-12,14,16-17,20-21,23-24H2,1-10H3/t25-,26-,27+,28+,29?,30?,31?,32?,33?,35+,36+,37+,39?,41+,42+,43-,44-,45+/m1/s1. The molecule has 0 N–H and O–H groups in total. The van der Waals surface area contributed by atoms with Crippen molar-refractivity contribution in [3.05, 3.63) is 36.0 Å². The molecule has 3 aliphatic heterocycles. The third-order valence-electron chi connectivity index (χ3n) is 13.8. The van der Waals surface area contributed by atoms with Crippen LogP contribution in [0.25, 0.3) is 0 Å². The number of esters is 1. The summed E-state index contributed by atoms with van der Waals surface area (Å²) in [6.45, 7) is 10.7. The lowest BCUT2D eigenvalue weighted by Gasteiger charge is -2.44. The van der Waals surface area contributed by atoms with E-state index in [1.54, 1.807) is 21.3 Å². The van der Waals surface area contributed by atoms with E-state index in [2.05, 4.69) is 57.1 Å². The number of carbonyl (C=O) groups is 2. The van der Waals surface area contributed by atoms with Gasteiger partial charge in [-0.25, -0.2) is 0 Å². The van der Waals surface area contributed by atoms with Crippen LogP contribution in [0.1, 0.15) is 86.0 Å². The molecule has 0 radical (unpaired) electrons. The van der Waals surface area contributed by atoms with E-state index in [9.17, 15) is 9.59 Å². The predicted octanol–water partition coefficient (Wildman–Crippen LogP) is 6.06. The molecule has 0 bridgehead atoms. The molecule has 0 amide bonds. The Hall–Kier alpha value is -2.00. The summed E-state index contributed by atoms with van der Waals surface area (Å²) in [5.41, 5.74) is 0.718. The number of likely N-dealkylation sites (N-methyl/N-ethyl adjacent to an activating group) is 1. The van der Waals surface area contributed by atoms with Gasteiger partial charge in [-0.15, -0.1) is 0 Å². The van der Waals surface area contributed by atoms with Crippen molar-refractivity contribution in [1.29, 1.82) is 0 Å². The molecule has 12 heteroatoms. The van der Waals surface area contributed by atoms with E-state index in [1.807, 2.05) is 26.8 Å². The summed E-state index contributed by atoms with van der Waals surface area (Å²) < 4.78 is 56.6. The second kappa shape index (κ2) is 20.0. The number of fused-ring (bicyclic) bond motifs is 5. The van der Waals surface area contributed by atoms with Crippen LogP contribution in [0.3, 0.4) is 0 Å². The minimum Gasteiger partial charge on any atom is -0.458 e. The fourth-order valence-corrected chi connectivity index (χ4v) is 10.9. The second-order valence-electron chi connectivity index (χ2n) is 17.4. The van der Waals surface area contributed by atoms with Crippen molar-refractivity contribution >= 4 is 11.8 Å². The Labute approximate surface area is 341 Å². The van der Waals surface area contributed by atoms with E-state index in [0.29, 0.717) is 31.9 Å². The number of cyclic esters (lactones) is 1. The molecule has 18 atom stereocenters. The highest BCUT2D eigenvalue weighted by Crippen LogP contribution is 2.55. The average Bonchev–Trinajstić information content (AvgIpc) is 3.72. The number of allylic oxidation sites excluding steroid dienone is 4. The Bertz CT molecular complexity index is 1430. The van der Waals surface area contributed by atoms with E-state index in [1.165, 1.54) is 0 Å². The van der Waals surface area contributed by atoms with Gasteiger partial charge in [-0.3, -0.25) is 9.59 Å². The molecule has 12 nitrogen and oxygen atoms in total. The minimum absolute atomic E-state index is 0.0142. The van der Waals surface area contributed by atoms with Gasteiger partial charge in [0.05, 0.1) is 36.9 Å². The monoisotopic (exact) mass is 802 g/mol. The molecule has 0 aromatic carbocycles. The highest BCUT2D eigenvalue weighted by Gasteiger charge is 2.56. The molecule has 3 heterocycles. The highest BCUT2D eigenvalue weighted by atomic mass is 16.7. The fourth-order valence-electron chi connectivity index (χ4n) is 10.9. The van der Waals surface area contributed by atoms with Crippen LogP contribution in [0, 0.1) is 35.5 Å². The SMILES string of the molecule is CCC=C[C@H]1CCC[C@H](OC2CC[C@H](N(C)C)[C@@H](C)O2)[C@@H](C)C(=O)C2=CC3C(C=CC4C3C[C@H](O[C@@H]3O[C@@H](C)[C@H](OC)[C@@H](OC)[C@H]3OC)[C@H]4OCC)C2CC(=O)O1. The van der Waals surface area contributed by atoms with Crippen molar-refractivity contribution in [1.82, 2.24) is 4.90 Å². The van der Waals surface area contributed by atoms with Gasteiger partial charge in [0, 0.05) is 51.7 Å². The Morgan fingerprint density at radius 1 is 0.807 bits per heavy atom. The first-order chi connectivity index (χ1) is 27.4. The summed E-state index contributed by atoms with van der Waals surface area (Å²) in [7, 11) is 9.11. The number of nitrogens with zero attached hydrogens (tertiary/aromatic N) is 1. The lowest BCUT2D eigenvalue weighted by Crippen LogP contribution is -2.60. The van der Waals surface area contributed by atoms with E-state index >= 15 is 0 Å². The number of hydrogen-bond donors (Lipinski definition) is 0. The minimum atomic E-state index is -0.695. The number of rotatable bonds is 12. The maximum absolute atomic E-state index is 14.9. The maximum Gasteiger partial charge on any atom is 0.307 e. The summed E-state index contributed by atoms with van der Waals surface area (Å²) in [5, 5.41) is 0. The van der Waals surface area contributed by atoms with Crippen LogP contribution in [-0.2, 0) is 52.2 Å². The molecule has 6 rings (SSSR count). The largest absolute Gasteiger partial charge is 0.458 e. The number of ether oxygens (including phenoxy) is 9. The van der Waals surface area contributed by atoms with Gasteiger partial charge in [-0.2, -0.15) is 0 Å². The molecule has 3 aliphatic carbocycles. The number of hydrogen-bond acceptors (Lipinski definition) is 12. The smallest absolute Gasteiger partial charge is 0.307 e. The quantitative estimate of drug-likeness (QED) is 0.169. The first-order valence-electron chi connectivity index (χ1n) is 21.7. The summed E-state index contributed by atoms with van der Waals surface area (Å²) in [6.07, 6.45) is 12.5. The molecular weight excluding hydrogens is 730 g/mol. The zero-order valence-corrected chi connectivity index (χ0v) is 36.1. The van der Waals surface area contributed by atoms with Crippen LogP contribution >= 0.6 is 0 Å². The van der Waals surface area contributed by atoms with Crippen LogP contribution in [0.5, 0.6) is 0 Å². The van der Waals surface area contributed by atoms with E-state index in [-0.39, 0.29) is 103 Å². The molecule has 57 heavy (non-hydrogen) atoms. The van der Waals surface area contributed by atoms with Gasteiger partial charge in [0.15, 0.2) is 18.4 Å². The molecule has 6 aliphatic rings. The maximum atomic E-state index is 14.9. The van der Waals surface area contributed by atoms with Crippen molar-refractivity contribution < 1.29 is 52.2 Å². The third-order valence-corrected chi connectivity index (χ3v) is 13.8. The summed E-state index contributed by atoms with van der Waals surface area (Å²) in [5.74, 6) is -0.792. The summed E-state index contributed by atoms with van der Waals surface area (Å²) in [4.78, 5) is 30.9. The lowest BCUT2D eigenvalue weighted by atomic mass is 9.70. The topological polar surface area (TPSA) is 120 Å². The Morgan fingerprint density at radius 3 is 2.21 bits per heavy atom. The fraction of sp³-hybridized carbons (Fsp3) is 0.822. The van der Waals surface area contributed by atoms with Gasteiger partial charge < -0.3 is 47.5 Å². The van der Waals surface area contributed by atoms with Gasteiger partial charge in [0.2, 0.25) is 0 Å². The molecule has 0 aromatic heterocycles. The Morgan fingerprint density at radius 2 is 1.54 bits per heavy atom. The van der Waals surface area contributed by atoms with Crippen molar-refractivity contribution in [3.63, 3.8) is 0 Å². The normalized spacial score (nSPS) is 44.2. The van der Waals surface area contributed by atoms with Gasteiger partial charge in [0.1, 0.15) is 24.4 Å². The van der Waals surface area contributed by atoms with Gasteiger partial charge in [0.25, 0.3) is 0 Å². The second-order valence-corrected chi connectivity index (χ2v) is 17.4. The molecule has 322 valence electrons. The molecule has 0 aromatic rings. The first-order valence-corrected chi connectivity index (χ1v) is 21.7. The van der Waals surface area contributed by atoms with E-state index in [4.69, 9.17) is 42.6 Å². The first kappa shape index (κ1) is 44.5. The molecule has 4 fully saturated rings. The summed E-state index contributed by atoms with van der Waals surface area (Å²) in [6, 6.07) is 0.319. The van der Waals surface area contributed by atoms with E-state index < -0.39 is 18.3 Å². The number of carbonyl (C=O) groups excluding carboxylic acids is 2. The summed E-state index contributed by atoms with van der Waals surface area (Å²) >= 11 is 0. The van der Waals surface area contributed by atoms with Crippen LogP contribution < -0.4 is 0 Å². The predicted molar refractivity (Wildman–Crippen MR) is 214 cm³/mol. The zero-order valence-electron chi connectivity index (χ0n) is 36.1. The van der Waals surface area contributed by atoms with Gasteiger partial charge >= 0.3 is 5.97 Å². The van der Waals surface area contributed by atoms with Gasteiger partial charge in [-0.05, 0) is 109 Å². The van der Waals surface area contributed by atoms with Gasteiger partial charge in [-0.1, -0.05) is 38.2 Å². The lowest BCUT2D eigenvalue weighted by molar-refractivity contribution is -0.320. The van der Waals surface area contributed by atoms with Crippen molar-refractivity contribution in [2.24, 2.45) is 35.5 Å².